The van der Waals surface area contributed by atoms with Gasteiger partial charge in [0.05, 0.1) is 0 Å². The van der Waals surface area contributed by atoms with E-state index in [9.17, 15) is 9.90 Å². The number of rotatable bonds is 10. The zero-order chi connectivity index (χ0) is 17.0. The molecule has 2 saturated heterocycles. The van der Waals surface area contributed by atoms with Crippen LogP contribution in [0.25, 0.3) is 0 Å². The standard InChI is InChI=1S/C18H30O2S4/c19-18(20)15(8-4-10-17-12-6-14-22-24-17)7-2-1-3-9-16-11-5-13-21-23-16/h7,16-17H,1-6,8-14H2,(H,19,20)/b15-7-. The van der Waals surface area contributed by atoms with Crippen molar-refractivity contribution in [2.75, 3.05) is 11.5 Å². The lowest BCUT2D eigenvalue weighted by molar-refractivity contribution is -0.132. The van der Waals surface area contributed by atoms with Gasteiger partial charge in [0.25, 0.3) is 0 Å². The Balaban J connectivity index is 1.58. The van der Waals surface area contributed by atoms with Crippen molar-refractivity contribution in [3.63, 3.8) is 0 Å². The molecule has 2 aliphatic heterocycles. The van der Waals surface area contributed by atoms with E-state index in [1.165, 1.54) is 56.5 Å². The van der Waals surface area contributed by atoms with Crippen LogP contribution in [0.5, 0.6) is 0 Å². The van der Waals surface area contributed by atoms with E-state index >= 15 is 0 Å². The predicted octanol–water partition coefficient (Wildman–Crippen LogP) is 6.82. The first-order valence-electron chi connectivity index (χ1n) is 9.24. The molecule has 0 bridgehead atoms. The van der Waals surface area contributed by atoms with E-state index in [4.69, 9.17) is 0 Å². The van der Waals surface area contributed by atoms with Gasteiger partial charge in [0.15, 0.2) is 0 Å². The molecule has 2 atom stereocenters. The number of carbonyl (C=O) groups is 1. The molecular formula is C18H30O2S4. The predicted molar refractivity (Wildman–Crippen MR) is 114 cm³/mol. The fourth-order valence-corrected chi connectivity index (χ4v) is 8.91. The lowest BCUT2D eigenvalue weighted by Crippen LogP contribution is -2.08. The topological polar surface area (TPSA) is 37.3 Å². The van der Waals surface area contributed by atoms with Gasteiger partial charge in [-0.25, -0.2) is 4.79 Å². The van der Waals surface area contributed by atoms with Gasteiger partial charge in [0, 0.05) is 27.6 Å². The Labute approximate surface area is 162 Å². The van der Waals surface area contributed by atoms with Crippen LogP contribution >= 0.6 is 43.2 Å². The number of carboxylic acid groups (broad SMARTS) is 1. The smallest absolute Gasteiger partial charge is 0.331 e. The first-order chi connectivity index (χ1) is 11.8. The van der Waals surface area contributed by atoms with Crippen molar-refractivity contribution in [2.24, 2.45) is 0 Å². The summed E-state index contributed by atoms with van der Waals surface area (Å²) in [5.41, 5.74) is 0.644. The second kappa shape index (κ2) is 12.9. The molecule has 0 aromatic heterocycles. The fourth-order valence-electron chi connectivity index (χ4n) is 3.12. The molecule has 0 aromatic rings. The number of unbranched alkanes of at least 4 members (excludes halogenated alkanes) is 2. The van der Waals surface area contributed by atoms with E-state index in [1.807, 2.05) is 38.5 Å². The molecule has 0 amide bonds. The summed E-state index contributed by atoms with van der Waals surface area (Å²) in [5, 5.41) is 11.0. The second-order valence-electron chi connectivity index (χ2n) is 6.58. The Morgan fingerprint density at radius 1 is 0.958 bits per heavy atom. The highest BCUT2D eigenvalue weighted by Gasteiger charge is 2.16. The number of aliphatic carboxylic acids is 1. The Hall–Kier alpha value is 0.610. The molecule has 2 fully saturated rings. The van der Waals surface area contributed by atoms with E-state index in [-0.39, 0.29) is 0 Å². The van der Waals surface area contributed by atoms with Gasteiger partial charge in [0.1, 0.15) is 0 Å². The van der Waals surface area contributed by atoms with Crippen LogP contribution in [0.4, 0.5) is 0 Å². The Morgan fingerprint density at radius 3 is 2.12 bits per heavy atom. The zero-order valence-corrected chi connectivity index (χ0v) is 17.7. The van der Waals surface area contributed by atoms with Crippen LogP contribution in [0.2, 0.25) is 0 Å². The minimum absolute atomic E-state index is 0.644. The molecule has 2 unspecified atom stereocenters. The largest absolute Gasteiger partial charge is 0.478 e. The lowest BCUT2D eigenvalue weighted by Gasteiger charge is -2.20. The molecule has 0 spiro atoms. The molecule has 138 valence electrons. The SMILES string of the molecule is O=C(O)/C(=C\CCCCC1CCCSS1)CCCC1CCCSS1. The molecule has 0 saturated carbocycles. The molecule has 1 N–H and O–H groups in total. The summed E-state index contributed by atoms with van der Waals surface area (Å²) in [4.78, 5) is 11.4. The van der Waals surface area contributed by atoms with Crippen LogP contribution in [0, 0.1) is 0 Å². The summed E-state index contributed by atoms with van der Waals surface area (Å²) < 4.78 is 0. The highest BCUT2D eigenvalue weighted by molar-refractivity contribution is 8.77. The van der Waals surface area contributed by atoms with Crippen molar-refractivity contribution >= 4 is 49.1 Å². The molecule has 2 heterocycles. The van der Waals surface area contributed by atoms with Gasteiger partial charge >= 0.3 is 5.97 Å². The third kappa shape index (κ3) is 8.81. The number of hydrogen-bond donors (Lipinski definition) is 1. The van der Waals surface area contributed by atoms with Gasteiger partial charge in [-0.1, -0.05) is 55.7 Å². The number of carboxylic acids is 1. The first-order valence-corrected chi connectivity index (χ1v) is 14.0. The summed E-state index contributed by atoms with van der Waals surface area (Å²) in [6, 6.07) is 0. The molecule has 2 rings (SSSR count). The zero-order valence-electron chi connectivity index (χ0n) is 14.4. The highest BCUT2D eigenvalue weighted by Crippen LogP contribution is 2.39. The number of hydrogen-bond acceptors (Lipinski definition) is 5. The minimum atomic E-state index is -0.708. The average molecular weight is 407 g/mol. The summed E-state index contributed by atoms with van der Waals surface area (Å²) in [6.45, 7) is 0. The molecule has 0 radical (unpaired) electrons. The maximum absolute atomic E-state index is 11.4. The van der Waals surface area contributed by atoms with Crippen molar-refractivity contribution < 1.29 is 9.90 Å². The summed E-state index contributed by atoms with van der Waals surface area (Å²) in [5.74, 6) is 1.88. The first kappa shape index (κ1) is 20.9. The normalized spacial score (nSPS) is 25.6. The summed E-state index contributed by atoms with van der Waals surface area (Å²) in [6.07, 6.45) is 14.9. The maximum Gasteiger partial charge on any atom is 0.331 e. The minimum Gasteiger partial charge on any atom is -0.478 e. The summed E-state index contributed by atoms with van der Waals surface area (Å²) >= 11 is 0. The Kier molecular flexibility index (Phi) is 11.2. The Bertz CT molecular complexity index is 388. The van der Waals surface area contributed by atoms with Crippen LogP contribution in [-0.2, 0) is 4.79 Å². The fraction of sp³-hybridized carbons (Fsp3) is 0.833. The average Bonchev–Trinajstić information content (AvgIpc) is 2.61. The van der Waals surface area contributed by atoms with Crippen molar-refractivity contribution in [3.05, 3.63) is 11.6 Å². The van der Waals surface area contributed by atoms with Gasteiger partial charge in [0.2, 0.25) is 0 Å². The second-order valence-corrected chi connectivity index (χ2v) is 12.2. The van der Waals surface area contributed by atoms with Gasteiger partial charge < -0.3 is 5.11 Å². The van der Waals surface area contributed by atoms with Crippen molar-refractivity contribution in [2.45, 2.75) is 81.1 Å². The molecule has 2 aliphatic rings. The van der Waals surface area contributed by atoms with Crippen LogP contribution in [0.1, 0.15) is 70.6 Å². The third-order valence-corrected chi connectivity index (χ3v) is 10.7. The van der Waals surface area contributed by atoms with E-state index in [2.05, 4.69) is 10.8 Å². The molecule has 0 aliphatic carbocycles. The van der Waals surface area contributed by atoms with Crippen molar-refractivity contribution in [1.29, 1.82) is 0 Å². The van der Waals surface area contributed by atoms with Gasteiger partial charge in [-0.05, 0) is 64.2 Å². The lowest BCUT2D eigenvalue weighted by atomic mass is 10.0. The van der Waals surface area contributed by atoms with E-state index < -0.39 is 5.97 Å². The number of allylic oxidation sites excluding steroid dienone is 1. The van der Waals surface area contributed by atoms with Crippen molar-refractivity contribution in [1.82, 2.24) is 0 Å². The van der Waals surface area contributed by atoms with E-state index in [0.29, 0.717) is 5.57 Å². The van der Waals surface area contributed by atoms with Crippen LogP contribution in [-0.4, -0.2) is 33.1 Å². The maximum atomic E-state index is 11.4. The summed E-state index contributed by atoms with van der Waals surface area (Å²) in [7, 11) is 8.07. The third-order valence-electron chi connectivity index (χ3n) is 4.53. The van der Waals surface area contributed by atoms with E-state index in [0.717, 1.165) is 36.2 Å². The molecule has 0 aromatic carbocycles. The molecular weight excluding hydrogens is 376 g/mol. The monoisotopic (exact) mass is 406 g/mol. The van der Waals surface area contributed by atoms with Gasteiger partial charge in [-0.15, -0.1) is 0 Å². The van der Waals surface area contributed by atoms with Crippen LogP contribution in [0.3, 0.4) is 0 Å². The van der Waals surface area contributed by atoms with Gasteiger partial charge in [-0.2, -0.15) is 0 Å². The quantitative estimate of drug-likeness (QED) is 0.244. The molecule has 24 heavy (non-hydrogen) atoms. The molecule has 6 heteroatoms. The highest BCUT2D eigenvalue weighted by atomic mass is 33.1. The molecule has 2 nitrogen and oxygen atoms in total. The van der Waals surface area contributed by atoms with Crippen LogP contribution < -0.4 is 0 Å². The van der Waals surface area contributed by atoms with Gasteiger partial charge in [-0.3, -0.25) is 0 Å². The Morgan fingerprint density at radius 2 is 1.58 bits per heavy atom. The van der Waals surface area contributed by atoms with Crippen LogP contribution in [0.15, 0.2) is 11.6 Å². The van der Waals surface area contributed by atoms with Crippen molar-refractivity contribution in [3.8, 4) is 0 Å². The van der Waals surface area contributed by atoms with E-state index in [1.54, 1.807) is 0 Å².